The van der Waals surface area contributed by atoms with Crippen molar-refractivity contribution in [2.45, 2.75) is 82.2 Å². The predicted octanol–water partition coefficient (Wildman–Crippen LogP) is 1.78. The molecule has 25 heavy (non-hydrogen) atoms. The van der Waals surface area contributed by atoms with Crippen LogP contribution in [0, 0.1) is 23.7 Å². The number of piperidine rings is 1. The van der Waals surface area contributed by atoms with Gasteiger partial charge in [0.15, 0.2) is 0 Å². The van der Waals surface area contributed by atoms with Crippen molar-refractivity contribution in [2.75, 3.05) is 0 Å². The number of aliphatic carboxylic acids is 1. The van der Waals surface area contributed by atoms with Crippen LogP contribution < -0.4 is 0 Å². The molecular formula is C20H29NO4. The largest absolute Gasteiger partial charge is 0.480 e. The number of carboxylic acid groups (broad SMARTS) is 1. The standard InChI is InChI=1S/C20H29NO4/c1-2-3-4-7-14(22)9-10-15-16-11-13-6-5-8-17(20(24)25)21(13)18(16)12-19(15)23/h9-10,13-19,22-23H,4-8,11-12H2,1H3,(H,24,25)/b10-9+/t13?,14-,15+,16+,17?,18?,19+/m0/s1. The van der Waals surface area contributed by atoms with Crippen LogP contribution in [0.1, 0.15) is 51.9 Å². The summed E-state index contributed by atoms with van der Waals surface area (Å²) in [6, 6.07) is 0.0824. The van der Waals surface area contributed by atoms with E-state index < -0.39 is 24.2 Å². The minimum atomic E-state index is -0.730. The fourth-order valence-electron chi connectivity index (χ4n) is 5.15. The highest BCUT2D eigenvalue weighted by molar-refractivity contribution is 5.73. The van der Waals surface area contributed by atoms with Crippen molar-refractivity contribution in [1.29, 1.82) is 0 Å². The lowest BCUT2D eigenvalue weighted by atomic mass is 9.88. The van der Waals surface area contributed by atoms with Crippen LogP contribution in [-0.4, -0.2) is 56.5 Å². The lowest BCUT2D eigenvalue weighted by Crippen LogP contribution is -2.51. The van der Waals surface area contributed by atoms with Crippen LogP contribution in [-0.2, 0) is 4.79 Å². The van der Waals surface area contributed by atoms with Crippen molar-refractivity contribution in [2.24, 2.45) is 11.8 Å². The van der Waals surface area contributed by atoms with Crippen LogP contribution in [0.4, 0.5) is 0 Å². The Kier molecular flexibility index (Phi) is 5.83. The van der Waals surface area contributed by atoms with Crippen LogP contribution in [0.15, 0.2) is 12.2 Å². The van der Waals surface area contributed by atoms with Gasteiger partial charge < -0.3 is 15.3 Å². The van der Waals surface area contributed by atoms with Gasteiger partial charge in [0.05, 0.1) is 12.2 Å². The molecule has 0 amide bonds. The quantitative estimate of drug-likeness (QED) is 0.522. The molecule has 3 N–H and O–H groups in total. The summed E-state index contributed by atoms with van der Waals surface area (Å²) in [5, 5.41) is 30.1. The van der Waals surface area contributed by atoms with Gasteiger partial charge >= 0.3 is 5.97 Å². The number of carboxylic acids is 1. The highest BCUT2D eigenvalue weighted by Crippen LogP contribution is 2.49. The molecule has 0 aromatic rings. The van der Waals surface area contributed by atoms with Gasteiger partial charge in [0, 0.05) is 24.4 Å². The van der Waals surface area contributed by atoms with E-state index in [0.29, 0.717) is 37.6 Å². The number of hydrogen-bond acceptors (Lipinski definition) is 4. The summed E-state index contributed by atoms with van der Waals surface area (Å²) in [5.41, 5.74) is 0. The summed E-state index contributed by atoms with van der Waals surface area (Å²) in [6.07, 6.45) is 8.36. The predicted molar refractivity (Wildman–Crippen MR) is 94.7 cm³/mol. The average Bonchev–Trinajstić information content (AvgIpc) is 3.07. The molecule has 1 aliphatic carbocycles. The smallest absolute Gasteiger partial charge is 0.320 e. The van der Waals surface area contributed by atoms with Gasteiger partial charge in [0.25, 0.3) is 0 Å². The Morgan fingerprint density at radius 3 is 2.88 bits per heavy atom. The fourth-order valence-corrected chi connectivity index (χ4v) is 5.15. The Bertz CT molecular complexity index is 578. The molecule has 0 spiro atoms. The summed E-state index contributed by atoms with van der Waals surface area (Å²) in [7, 11) is 0. The van der Waals surface area contributed by atoms with Crippen molar-refractivity contribution < 1.29 is 20.1 Å². The number of aliphatic hydroxyl groups excluding tert-OH is 2. The van der Waals surface area contributed by atoms with E-state index in [1.807, 2.05) is 6.08 Å². The van der Waals surface area contributed by atoms with E-state index in [0.717, 1.165) is 19.3 Å². The first-order valence-electron chi connectivity index (χ1n) is 9.47. The summed E-state index contributed by atoms with van der Waals surface area (Å²) in [4.78, 5) is 13.8. The molecule has 138 valence electrons. The molecule has 0 radical (unpaired) electrons. The van der Waals surface area contributed by atoms with Gasteiger partial charge in [-0.25, -0.2) is 0 Å². The first kappa shape index (κ1) is 18.4. The highest BCUT2D eigenvalue weighted by Gasteiger charge is 2.54. The van der Waals surface area contributed by atoms with E-state index in [4.69, 9.17) is 0 Å². The second kappa shape index (κ2) is 7.90. The Hall–Kier alpha value is -1.35. The van der Waals surface area contributed by atoms with Crippen molar-refractivity contribution in [1.82, 2.24) is 4.90 Å². The van der Waals surface area contributed by atoms with Gasteiger partial charge in [-0.1, -0.05) is 12.2 Å². The van der Waals surface area contributed by atoms with E-state index in [2.05, 4.69) is 16.7 Å². The molecule has 3 rings (SSSR count). The van der Waals surface area contributed by atoms with Crippen LogP contribution in [0.3, 0.4) is 0 Å². The highest BCUT2D eigenvalue weighted by atomic mass is 16.4. The third-order valence-electron chi connectivity index (χ3n) is 6.22. The number of rotatable bonds is 5. The Morgan fingerprint density at radius 1 is 1.36 bits per heavy atom. The van der Waals surface area contributed by atoms with Crippen molar-refractivity contribution in [3.8, 4) is 11.8 Å². The van der Waals surface area contributed by atoms with E-state index in [-0.39, 0.29) is 12.0 Å². The summed E-state index contributed by atoms with van der Waals surface area (Å²) >= 11 is 0. The van der Waals surface area contributed by atoms with Crippen LogP contribution in [0.5, 0.6) is 0 Å². The topological polar surface area (TPSA) is 81.0 Å². The molecule has 0 aromatic carbocycles. The second-order valence-electron chi connectivity index (χ2n) is 7.65. The summed E-state index contributed by atoms with van der Waals surface area (Å²) in [6.45, 7) is 1.79. The number of nitrogens with zero attached hydrogens (tertiary/aromatic N) is 1. The summed E-state index contributed by atoms with van der Waals surface area (Å²) in [5.74, 6) is 5.34. The maximum Gasteiger partial charge on any atom is 0.320 e. The molecule has 2 aliphatic heterocycles. The molecule has 5 nitrogen and oxygen atoms in total. The molecule has 0 bridgehead atoms. The van der Waals surface area contributed by atoms with Gasteiger partial charge in [-0.05, 0) is 51.4 Å². The Labute approximate surface area is 149 Å². The SMILES string of the molecule is CC#CCC[C@H](O)/C=C/[C@H]1[C@H](O)CC2[C@@H]1CC1CCCC(C(=O)O)N12. The third kappa shape index (κ3) is 3.76. The lowest BCUT2D eigenvalue weighted by Gasteiger charge is -2.38. The molecule has 5 heteroatoms. The number of hydrogen-bond donors (Lipinski definition) is 3. The van der Waals surface area contributed by atoms with Gasteiger partial charge in [-0.15, -0.1) is 11.8 Å². The van der Waals surface area contributed by atoms with E-state index in [1.165, 1.54) is 0 Å². The minimum absolute atomic E-state index is 0.0111. The number of carbonyl (C=O) groups is 1. The zero-order valence-electron chi connectivity index (χ0n) is 14.8. The zero-order chi connectivity index (χ0) is 18.0. The lowest BCUT2D eigenvalue weighted by molar-refractivity contribution is -0.146. The minimum Gasteiger partial charge on any atom is -0.480 e. The Morgan fingerprint density at radius 2 is 2.16 bits per heavy atom. The van der Waals surface area contributed by atoms with Crippen LogP contribution >= 0.6 is 0 Å². The maximum absolute atomic E-state index is 11.6. The van der Waals surface area contributed by atoms with E-state index >= 15 is 0 Å². The third-order valence-corrected chi connectivity index (χ3v) is 6.22. The molecule has 1 saturated carbocycles. The molecule has 0 aromatic heterocycles. The van der Waals surface area contributed by atoms with Crippen molar-refractivity contribution in [3.05, 3.63) is 12.2 Å². The van der Waals surface area contributed by atoms with Crippen LogP contribution in [0.2, 0.25) is 0 Å². The molecule has 3 fully saturated rings. The molecule has 7 atom stereocenters. The van der Waals surface area contributed by atoms with Crippen LogP contribution in [0.25, 0.3) is 0 Å². The fraction of sp³-hybridized carbons (Fsp3) is 0.750. The first-order valence-corrected chi connectivity index (χ1v) is 9.47. The van der Waals surface area contributed by atoms with Gasteiger partial charge in [-0.2, -0.15) is 0 Å². The molecule has 3 aliphatic rings. The second-order valence-corrected chi connectivity index (χ2v) is 7.65. The van der Waals surface area contributed by atoms with E-state index in [9.17, 15) is 20.1 Å². The Balaban J connectivity index is 1.67. The first-order chi connectivity index (χ1) is 12.0. The summed E-state index contributed by atoms with van der Waals surface area (Å²) < 4.78 is 0. The monoisotopic (exact) mass is 347 g/mol. The molecule has 3 unspecified atom stereocenters. The zero-order valence-corrected chi connectivity index (χ0v) is 14.8. The normalized spacial score (nSPS) is 38.8. The van der Waals surface area contributed by atoms with E-state index in [1.54, 1.807) is 13.0 Å². The maximum atomic E-state index is 11.6. The van der Waals surface area contributed by atoms with Gasteiger partial charge in [0.1, 0.15) is 6.04 Å². The molecular weight excluding hydrogens is 318 g/mol. The molecule has 2 heterocycles. The average molecular weight is 347 g/mol. The van der Waals surface area contributed by atoms with Gasteiger partial charge in [-0.3, -0.25) is 9.69 Å². The number of aliphatic hydroxyl groups is 2. The van der Waals surface area contributed by atoms with Crippen molar-refractivity contribution >= 4 is 5.97 Å². The van der Waals surface area contributed by atoms with Gasteiger partial charge in [0.2, 0.25) is 0 Å². The van der Waals surface area contributed by atoms with Crippen molar-refractivity contribution in [3.63, 3.8) is 0 Å². The molecule has 2 saturated heterocycles. The number of fused-ring (bicyclic) bond motifs is 3.